The quantitative estimate of drug-likeness (QED) is 0.615. The van der Waals surface area contributed by atoms with Crippen LogP contribution in [0.3, 0.4) is 0 Å². The van der Waals surface area contributed by atoms with Crippen LogP contribution in [-0.4, -0.2) is 56.3 Å². The molecular formula is C27H36N2O4S. The molecular weight excluding hydrogens is 448 g/mol. The smallest absolute Gasteiger partial charge is 0.243 e. The van der Waals surface area contributed by atoms with Crippen molar-refractivity contribution in [2.45, 2.75) is 63.8 Å². The number of likely N-dealkylation sites (tertiary alicyclic amines) is 1. The molecule has 6 nitrogen and oxygen atoms in total. The molecule has 1 unspecified atom stereocenters. The fourth-order valence-electron chi connectivity index (χ4n) is 5.69. The van der Waals surface area contributed by atoms with Crippen molar-refractivity contribution in [3.8, 4) is 5.75 Å². The highest BCUT2D eigenvalue weighted by molar-refractivity contribution is 7.89. The van der Waals surface area contributed by atoms with Gasteiger partial charge >= 0.3 is 0 Å². The number of carbonyl (C=O) groups is 1. The van der Waals surface area contributed by atoms with E-state index < -0.39 is 10.0 Å². The summed E-state index contributed by atoms with van der Waals surface area (Å²) < 4.78 is 33.7. The van der Waals surface area contributed by atoms with Gasteiger partial charge in [0.2, 0.25) is 15.9 Å². The van der Waals surface area contributed by atoms with Gasteiger partial charge in [-0.15, -0.1) is 0 Å². The van der Waals surface area contributed by atoms with Gasteiger partial charge in [-0.2, -0.15) is 4.31 Å². The number of hydrogen-bond acceptors (Lipinski definition) is 4. The van der Waals surface area contributed by atoms with E-state index in [1.807, 2.05) is 56.0 Å². The molecule has 7 heteroatoms. The van der Waals surface area contributed by atoms with Gasteiger partial charge in [-0.25, -0.2) is 8.42 Å². The van der Waals surface area contributed by atoms with Gasteiger partial charge in [0.1, 0.15) is 5.75 Å². The molecule has 2 aromatic carbocycles. The fourth-order valence-corrected chi connectivity index (χ4v) is 7.57. The molecule has 0 aromatic heterocycles. The maximum absolute atomic E-state index is 13.4. The second-order valence-electron chi connectivity index (χ2n) is 9.79. The summed E-state index contributed by atoms with van der Waals surface area (Å²) in [5.41, 5.74) is 3.81. The lowest BCUT2D eigenvalue weighted by atomic mass is 9.95. The lowest BCUT2D eigenvalue weighted by Crippen LogP contribution is -2.46. The molecule has 0 radical (unpaired) electrons. The second-order valence-corrected chi connectivity index (χ2v) is 11.7. The highest BCUT2D eigenvalue weighted by Crippen LogP contribution is 2.31. The molecule has 2 aliphatic heterocycles. The molecule has 2 aliphatic rings. The SMILES string of the molecule is COc1cccc(CC2CCCN2C(=O)C2CCN(S(=O)(=O)c3c(C)cc(C)cc3C)CC2)c1. The van der Waals surface area contributed by atoms with Crippen molar-refractivity contribution in [1.29, 1.82) is 0 Å². The molecule has 0 bridgehead atoms. The number of piperidine rings is 1. The maximum Gasteiger partial charge on any atom is 0.243 e. The van der Waals surface area contributed by atoms with Crippen molar-refractivity contribution >= 4 is 15.9 Å². The van der Waals surface area contributed by atoms with Crippen LogP contribution >= 0.6 is 0 Å². The molecule has 2 fully saturated rings. The van der Waals surface area contributed by atoms with Crippen molar-refractivity contribution in [2.24, 2.45) is 5.92 Å². The average Bonchev–Trinajstić information content (AvgIpc) is 3.26. The Balaban J connectivity index is 1.41. The topological polar surface area (TPSA) is 66.9 Å². The van der Waals surface area contributed by atoms with Crippen LogP contribution in [0.4, 0.5) is 0 Å². The zero-order valence-electron chi connectivity index (χ0n) is 20.7. The highest BCUT2D eigenvalue weighted by Gasteiger charge is 2.38. The molecule has 184 valence electrons. The van der Waals surface area contributed by atoms with E-state index in [1.54, 1.807) is 11.4 Å². The number of sulfonamides is 1. The minimum Gasteiger partial charge on any atom is -0.497 e. The molecule has 2 saturated heterocycles. The third kappa shape index (κ3) is 5.01. The van der Waals surface area contributed by atoms with E-state index in [0.717, 1.165) is 48.2 Å². The summed E-state index contributed by atoms with van der Waals surface area (Å²) in [7, 11) is -1.90. The Labute approximate surface area is 204 Å². The van der Waals surface area contributed by atoms with Gasteiger partial charge in [-0.05, 0) is 81.7 Å². The Kier molecular flexibility index (Phi) is 7.33. The third-order valence-electron chi connectivity index (χ3n) is 7.27. The molecule has 1 amide bonds. The van der Waals surface area contributed by atoms with Crippen LogP contribution in [0, 0.1) is 26.7 Å². The fraction of sp³-hybridized carbons (Fsp3) is 0.519. The van der Waals surface area contributed by atoms with Crippen molar-refractivity contribution in [2.75, 3.05) is 26.7 Å². The van der Waals surface area contributed by atoms with E-state index in [9.17, 15) is 13.2 Å². The van der Waals surface area contributed by atoms with Gasteiger partial charge in [-0.1, -0.05) is 29.8 Å². The summed E-state index contributed by atoms with van der Waals surface area (Å²) in [5, 5.41) is 0. The van der Waals surface area contributed by atoms with Crippen LogP contribution in [0.1, 0.15) is 47.9 Å². The average molecular weight is 485 g/mol. The Morgan fingerprint density at radius 2 is 1.68 bits per heavy atom. The molecule has 2 heterocycles. The Hall–Kier alpha value is -2.38. The maximum atomic E-state index is 13.4. The zero-order chi connectivity index (χ0) is 24.5. The number of hydrogen-bond donors (Lipinski definition) is 0. The first kappa shape index (κ1) is 24.7. The van der Waals surface area contributed by atoms with Crippen LogP contribution < -0.4 is 4.74 Å². The van der Waals surface area contributed by atoms with Crippen molar-refractivity contribution < 1.29 is 17.9 Å². The monoisotopic (exact) mass is 484 g/mol. The zero-order valence-corrected chi connectivity index (χ0v) is 21.5. The number of carbonyl (C=O) groups excluding carboxylic acids is 1. The minimum atomic E-state index is -3.57. The van der Waals surface area contributed by atoms with E-state index in [0.29, 0.717) is 30.8 Å². The van der Waals surface area contributed by atoms with Crippen LogP contribution in [0.5, 0.6) is 5.75 Å². The van der Waals surface area contributed by atoms with E-state index in [1.165, 1.54) is 5.56 Å². The molecule has 0 spiro atoms. The summed E-state index contributed by atoms with van der Waals surface area (Å²) in [6, 6.07) is 12.1. The Morgan fingerprint density at radius 1 is 1.00 bits per heavy atom. The number of rotatable bonds is 6. The van der Waals surface area contributed by atoms with Crippen LogP contribution in [0.2, 0.25) is 0 Å². The molecule has 4 rings (SSSR count). The lowest BCUT2D eigenvalue weighted by Gasteiger charge is -2.35. The number of methoxy groups -OCH3 is 1. The molecule has 0 N–H and O–H groups in total. The van der Waals surface area contributed by atoms with E-state index in [2.05, 4.69) is 6.07 Å². The summed E-state index contributed by atoms with van der Waals surface area (Å²) in [6.45, 7) is 7.26. The van der Waals surface area contributed by atoms with Crippen LogP contribution in [0.15, 0.2) is 41.3 Å². The normalized spacial score (nSPS) is 20.0. The summed E-state index contributed by atoms with van der Waals surface area (Å²) >= 11 is 0. The van der Waals surface area contributed by atoms with Gasteiger partial charge in [0.05, 0.1) is 12.0 Å². The van der Waals surface area contributed by atoms with Gasteiger partial charge in [0.25, 0.3) is 0 Å². The van der Waals surface area contributed by atoms with E-state index in [-0.39, 0.29) is 17.9 Å². The number of aryl methyl sites for hydroxylation is 3. The first-order chi connectivity index (χ1) is 16.2. The minimum absolute atomic E-state index is 0.113. The Morgan fingerprint density at radius 3 is 2.32 bits per heavy atom. The summed E-state index contributed by atoms with van der Waals surface area (Å²) in [5.74, 6) is 0.906. The number of nitrogens with zero attached hydrogens (tertiary/aromatic N) is 2. The van der Waals surface area contributed by atoms with Crippen molar-refractivity contribution in [3.05, 3.63) is 58.7 Å². The summed E-state index contributed by atoms with van der Waals surface area (Å²) in [6.07, 6.45) is 3.98. The number of amides is 1. The largest absolute Gasteiger partial charge is 0.497 e. The van der Waals surface area contributed by atoms with E-state index >= 15 is 0 Å². The van der Waals surface area contributed by atoms with Gasteiger partial charge in [0.15, 0.2) is 0 Å². The van der Waals surface area contributed by atoms with Gasteiger partial charge in [-0.3, -0.25) is 4.79 Å². The lowest BCUT2D eigenvalue weighted by molar-refractivity contribution is -0.137. The first-order valence-corrected chi connectivity index (χ1v) is 13.7. The third-order valence-corrected chi connectivity index (χ3v) is 9.48. The molecule has 1 atom stereocenters. The first-order valence-electron chi connectivity index (χ1n) is 12.2. The van der Waals surface area contributed by atoms with Crippen LogP contribution in [-0.2, 0) is 21.2 Å². The highest BCUT2D eigenvalue weighted by atomic mass is 32.2. The van der Waals surface area contributed by atoms with Crippen molar-refractivity contribution in [3.63, 3.8) is 0 Å². The van der Waals surface area contributed by atoms with Gasteiger partial charge < -0.3 is 9.64 Å². The predicted molar refractivity (Wildman–Crippen MR) is 134 cm³/mol. The number of benzene rings is 2. The predicted octanol–water partition coefficient (Wildman–Crippen LogP) is 4.25. The molecule has 2 aromatic rings. The van der Waals surface area contributed by atoms with Gasteiger partial charge in [0, 0.05) is 31.6 Å². The molecule has 0 aliphatic carbocycles. The Bertz CT molecular complexity index is 1130. The standard InChI is InChI=1S/C27H36N2O4S/c1-19-15-20(2)26(21(3)16-19)34(31,32)28-13-10-23(11-14-28)27(30)29-12-6-8-24(29)17-22-7-5-9-25(18-22)33-4/h5,7,9,15-16,18,23-24H,6,8,10-14,17H2,1-4H3. The molecule has 34 heavy (non-hydrogen) atoms. The second kappa shape index (κ2) is 10.1. The van der Waals surface area contributed by atoms with Crippen LogP contribution in [0.25, 0.3) is 0 Å². The summed E-state index contributed by atoms with van der Waals surface area (Å²) in [4.78, 5) is 15.9. The number of ether oxygens (including phenoxy) is 1. The van der Waals surface area contributed by atoms with Crippen molar-refractivity contribution in [1.82, 2.24) is 9.21 Å². The van der Waals surface area contributed by atoms with E-state index in [4.69, 9.17) is 4.74 Å². The molecule has 0 saturated carbocycles.